The van der Waals surface area contributed by atoms with E-state index in [-0.39, 0.29) is 5.41 Å². The third-order valence-electron chi connectivity index (χ3n) is 5.28. The van der Waals surface area contributed by atoms with Crippen LogP contribution in [0.25, 0.3) is 0 Å². The van der Waals surface area contributed by atoms with Crippen molar-refractivity contribution < 1.29 is 0 Å². The number of benzene rings is 1. The van der Waals surface area contributed by atoms with Gasteiger partial charge >= 0.3 is 0 Å². The molecule has 0 bridgehead atoms. The minimum atomic E-state index is 0.237. The molecule has 1 heterocycles. The van der Waals surface area contributed by atoms with Crippen LogP contribution in [0.4, 0.5) is 5.82 Å². The van der Waals surface area contributed by atoms with Crippen molar-refractivity contribution in [3.63, 3.8) is 0 Å². The number of aromatic nitrogens is 1. The molecule has 1 saturated carbocycles. The molecule has 0 amide bonds. The van der Waals surface area contributed by atoms with Crippen molar-refractivity contribution in [3.05, 3.63) is 59.8 Å². The number of pyridine rings is 1. The number of hydrogen-bond donors (Lipinski definition) is 2. The maximum absolute atomic E-state index is 4.75. The molecule has 2 aromatic rings. The summed E-state index contributed by atoms with van der Waals surface area (Å²) in [4.78, 5) is 11.4. The average molecular weight is 366 g/mol. The summed E-state index contributed by atoms with van der Waals surface area (Å²) >= 11 is 0. The molecule has 1 aromatic heterocycles. The van der Waals surface area contributed by atoms with E-state index in [0.717, 1.165) is 30.6 Å². The molecule has 0 unspecified atom stereocenters. The zero-order valence-corrected chi connectivity index (χ0v) is 16.7. The molecule has 5 heteroatoms. The number of hydrogen-bond acceptors (Lipinski definition) is 3. The van der Waals surface area contributed by atoms with Crippen LogP contribution in [0.5, 0.6) is 0 Å². The van der Waals surface area contributed by atoms with E-state index in [9.17, 15) is 0 Å². The molecule has 0 atom stereocenters. The predicted molar refractivity (Wildman–Crippen MR) is 113 cm³/mol. The van der Waals surface area contributed by atoms with Gasteiger partial charge in [-0.3, -0.25) is 0 Å². The van der Waals surface area contributed by atoms with Crippen LogP contribution in [-0.4, -0.2) is 38.1 Å². The van der Waals surface area contributed by atoms with Crippen LogP contribution in [0.2, 0.25) is 0 Å². The molecule has 5 nitrogen and oxygen atoms in total. The highest BCUT2D eigenvalue weighted by atomic mass is 15.2. The Labute approximate surface area is 162 Å². The lowest BCUT2D eigenvalue weighted by molar-refractivity contribution is 0.244. The van der Waals surface area contributed by atoms with E-state index in [1.807, 2.05) is 37.2 Å². The van der Waals surface area contributed by atoms with E-state index in [1.165, 1.54) is 24.8 Å². The lowest BCUT2D eigenvalue weighted by Gasteiger charge is -2.43. The number of aliphatic imine (C=N–C) groups is 1. The Morgan fingerprint density at radius 2 is 1.85 bits per heavy atom. The van der Waals surface area contributed by atoms with Crippen LogP contribution in [0.1, 0.15) is 37.4 Å². The van der Waals surface area contributed by atoms with Gasteiger partial charge in [0.05, 0.1) is 12.2 Å². The largest absolute Gasteiger partial charge is 0.363 e. The van der Waals surface area contributed by atoms with Crippen molar-refractivity contribution in [2.75, 3.05) is 32.1 Å². The van der Waals surface area contributed by atoms with Gasteiger partial charge in [0, 0.05) is 32.6 Å². The van der Waals surface area contributed by atoms with Crippen molar-refractivity contribution >= 4 is 11.8 Å². The maximum Gasteiger partial charge on any atom is 0.191 e. The Morgan fingerprint density at radius 3 is 2.48 bits per heavy atom. The summed E-state index contributed by atoms with van der Waals surface area (Å²) in [5.41, 5.74) is 2.64. The summed E-state index contributed by atoms with van der Waals surface area (Å²) in [5, 5.41) is 6.93. The molecule has 0 radical (unpaired) electrons. The minimum absolute atomic E-state index is 0.237. The topological polar surface area (TPSA) is 52.6 Å². The van der Waals surface area contributed by atoms with Gasteiger partial charge in [-0.05, 0) is 37.5 Å². The summed E-state index contributed by atoms with van der Waals surface area (Å²) in [6, 6.07) is 16.9. The molecule has 1 aliphatic carbocycles. The lowest BCUT2D eigenvalue weighted by Crippen LogP contribution is -2.48. The first-order valence-corrected chi connectivity index (χ1v) is 9.84. The van der Waals surface area contributed by atoms with Crippen molar-refractivity contribution in [2.45, 2.75) is 38.1 Å². The van der Waals surface area contributed by atoms with Gasteiger partial charge in [-0.2, -0.15) is 0 Å². The fraction of sp³-hybridized carbons (Fsp3) is 0.455. The molecule has 0 saturated heterocycles. The second-order valence-corrected chi connectivity index (χ2v) is 7.43. The highest BCUT2D eigenvalue weighted by molar-refractivity contribution is 5.79. The number of rotatable bonds is 7. The molecule has 0 spiro atoms. The Bertz CT molecular complexity index is 750. The van der Waals surface area contributed by atoms with Crippen LogP contribution in [0.3, 0.4) is 0 Å². The minimum Gasteiger partial charge on any atom is -0.363 e. The van der Waals surface area contributed by atoms with Gasteiger partial charge < -0.3 is 15.5 Å². The number of nitrogens with one attached hydrogen (secondary N) is 2. The molecule has 27 heavy (non-hydrogen) atoms. The molecular weight excluding hydrogens is 334 g/mol. The molecule has 2 N–H and O–H groups in total. The predicted octanol–water partition coefficient (Wildman–Crippen LogP) is 3.32. The Kier molecular flexibility index (Phi) is 6.32. The lowest BCUT2D eigenvalue weighted by atomic mass is 9.64. The van der Waals surface area contributed by atoms with E-state index in [2.05, 4.69) is 52.9 Å². The number of guanidine groups is 1. The van der Waals surface area contributed by atoms with Gasteiger partial charge in [0.2, 0.25) is 0 Å². The molecule has 1 aliphatic rings. The fourth-order valence-electron chi connectivity index (χ4n) is 3.52. The van der Waals surface area contributed by atoms with Crippen LogP contribution in [0.15, 0.2) is 53.5 Å². The van der Waals surface area contributed by atoms with Gasteiger partial charge in [0.1, 0.15) is 5.82 Å². The smallest absolute Gasteiger partial charge is 0.191 e. The van der Waals surface area contributed by atoms with Crippen LogP contribution in [-0.2, 0) is 12.0 Å². The van der Waals surface area contributed by atoms with Gasteiger partial charge in [0.15, 0.2) is 5.96 Å². The Morgan fingerprint density at radius 1 is 1.07 bits per heavy atom. The molecular formula is C22H31N5. The van der Waals surface area contributed by atoms with Crippen molar-refractivity contribution in [1.82, 2.24) is 15.6 Å². The first kappa shape index (κ1) is 19.2. The third-order valence-corrected chi connectivity index (χ3v) is 5.28. The highest BCUT2D eigenvalue weighted by Gasteiger charge is 2.38. The normalized spacial score (nSPS) is 15.7. The van der Waals surface area contributed by atoms with E-state index in [1.54, 1.807) is 0 Å². The molecule has 144 valence electrons. The zero-order chi connectivity index (χ0) is 19.1. The van der Waals surface area contributed by atoms with Gasteiger partial charge in [0.25, 0.3) is 0 Å². The van der Waals surface area contributed by atoms with E-state index in [0.29, 0.717) is 6.54 Å². The average Bonchev–Trinajstić information content (AvgIpc) is 2.66. The zero-order valence-electron chi connectivity index (χ0n) is 16.7. The summed E-state index contributed by atoms with van der Waals surface area (Å²) in [6.45, 7) is 4.41. The monoisotopic (exact) mass is 365 g/mol. The first-order valence-electron chi connectivity index (χ1n) is 9.84. The van der Waals surface area contributed by atoms with E-state index >= 15 is 0 Å². The van der Waals surface area contributed by atoms with Crippen LogP contribution >= 0.6 is 0 Å². The van der Waals surface area contributed by atoms with E-state index < -0.39 is 0 Å². The van der Waals surface area contributed by atoms with Gasteiger partial charge in [-0.1, -0.05) is 42.8 Å². The maximum atomic E-state index is 4.75. The summed E-state index contributed by atoms with van der Waals surface area (Å²) in [5.74, 6) is 1.81. The molecule has 0 aliphatic heterocycles. The molecule has 3 rings (SSSR count). The van der Waals surface area contributed by atoms with Crippen molar-refractivity contribution in [2.24, 2.45) is 4.99 Å². The fourth-order valence-corrected chi connectivity index (χ4v) is 3.52. The standard InChI is InChI=1S/C22H31N5/c1-4-23-21(24-16-19-12-8-13-20(26-19)27(2)3)25-17-22(14-9-15-22)18-10-6-5-7-11-18/h5-8,10-13H,4,9,14-17H2,1-3H3,(H2,23,24,25). The highest BCUT2D eigenvalue weighted by Crippen LogP contribution is 2.43. The second kappa shape index (κ2) is 8.89. The van der Waals surface area contributed by atoms with Crippen LogP contribution < -0.4 is 15.5 Å². The molecule has 1 aromatic carbocycles. The van der Waals surface area contributed by atoms with Crippen molar-refractivity contribution in [1.29, 1.82) is 0 Å². The quantitative estimate of drug-likeness (QED) is 0.584. The van der Waals surface area contributed by atoms with E-state index in [4.69, 9.17) is 4.99 Å². The summed E-state index contributed by atoms with van der Waals surface area (Å²) in [7, 11) is 4.01. The second-order valence-electron chi connectivity index (χ2n) is 7.43. The SMILES string of the molecule is CCNC(=NCc1cccc(N(C)C)n1)NCC1(c2ccccc2)CCC1. The van der Waals surface area contributed by atoms with Crippen LogP contribution in [0, 0.1) is 0 Å². The molecule has 1 fully saturated rings. The summed E-state index contributed by atoms with van der Waals surface area (Å²) < 4.78 is 0. The number of anilines is 1. The van der Waals surface area contributed by atoms with Gasteiger partial charge in [-0.25, -0.2) is 9.98 Å². The summed E-state index contributed by atoms with van der Waals surface area (Å²) in [6.07, 6.45) is 3.76. The van der Waals surface area contributed by atoms with Gasteiger partial charge in [-0.15, -0.1) is 0 Å². The van der Waals surface area contributed by atoms with Crippen molar-refractivity contribution in [3.8, 4) is 0 Å². The third kappa shape index (κ3) is 4.79. The Hall–Kier alpha value is -2.56. The number of nitrogens with zero attached hydrogens (tertiary/aromatic N) is 3. The first-order chi connectivity index (χ1) is 13.1. The Balaban J connectivity index is 1.67.